The Labute approximate surface area is 83.4 Å². The van der Waals surface area contributed by atoms with E-state index in [0.717, 1.165) is 19.3 Å². The lowest BCUT2D eigenvalue weighted by Crippen LogP contribution is -2.15. The summed E-state index contributed by atoms with van der Waals surface area (Å²) < 4.78 is 2.15. The van der Waals surface area contributed by atoms with Crippen molar-refractivity contribution in [2.24, 2.45) is 5.92 Å². The topological polar surface area (TPSA) is 42.2 Å². The Morgan fingerprint density at radius 1 is 1.36 bits per heavy atom. The molecule has 1 aliphatic rings. The van der Waals surface area contributed by atoms with E-state index >= 15 is 0 Å². The first-order valence-electron chi connectivity index (χ1n) is 5.11. The van der Waals surface area contributed by atoms with Crippen LogP contribution < -0.4 is 0 Å². The molecule has 1 fully saturated rings. The molecule has 0 spiro atoms. The predicted octanol–water partition coefficient (Wildman–Crippen LogP) is 2.30. The van der Waals surface area contributed by atoms with Crippen molar-refractivity contribution in [3.05, 3.63) is 24.5 Å². The number of carboxylic acids is 1. The van der Waals surface area contributed by atoms with Crippen LogP contribution >= 0.6 is 0 Å². The van der Waals surface area contributed by atoms with E-state index in [2.05, 4.69) is 4.57 Å². The van der Waals surface area contributed by atoms with Crippen molar-refractivity contribution in [3.8, 4) is 0 Å². The lowest BCUT2D eigenvalue weighted by atomic mass is 9.99. The molecule has 0 aliphatic heterocycles. The fraction of sp³-hybridized carbons (Fsp3) is 0.545. The van der Waals surface area contributed by atoms with Crippen LogP contribution in [0.4, 0.5) is 0 Å². The zero-order chi connectivity index (χ0) is 9.97. The Morgan fingerprint density at radius 3 is 2.71 bits per heavy atom. The largest absolute Gasteiger partial charge is 0.481 e. The second-order valence-electron chi connectivity index (χ2n) is 3.99. The minimum absolute atomic E-state index is 0.308. The van der Waals surface area contributed by atoms with Gasteiger partial charge in [-0.2, -0.15) is 0 Å². The zero-order valence-electron chi connectivity index (χ0n) is 8.10. The number of hydrogen-bond acceptors (Lipinski definition) is 1. The number of aromatic nitrogens is 1. The van der Waals surface area contributed by atoms with Crippen LogP contribution in [0.2, 0.25) is 0 Å². The molecular weight excluding hydrogens is 178 g/mol. The molecule has 0 amide bonds. The summed E-state index contributed by atoms with van der Waals surface area (Å²) in [4.78, 5) is 10.7. The highest BCUT2D eigenvalue weighted by Crippen LogP contribution is 2.37. The van der Waals surface area contributed by atoms with Gasteiger partial charge in [0.05, 0.1) is 6.42 Å². The first kappa shape index (κ1) is 9.31. The minimum Gasteiger partial charge on any atom is -0.481 e. The van der Waals surface area contributed by atoms with Crippen LogP contribution in [0.1, 0.15) is 31.7 Å². The Balaban J connectivity index is 2.07. The van der Waals surface area contributed by atoms with Crippen molar-refractivity contribution in [1.29, 1.82) is 0 Å². The number of carboxylic acid groups (broad SMARTS) is 1. The summed E-state index contributed by atoms with van der Waals surface area (Å²) in [6.07, 6.45) is 7.70. The molecule has 2 rings (SSSR count). The molecule has 1 aliphatic carbocycles. The van der Waals surface area contributed by atoms with E-state index in [0.29, 0.717) is 18.4 Å². The average molecular weight is 193 g/mol. The Bertz CT molecular complexity index is 305. The molecular formula is C11H15NO2. The molecule has 0 aromatic carbocycles. The molecule has 1 N–H and O–H groups in total. The molecule has 1 aromatic rings. The number of nitrogens with zero attached hydrogens (tertiary/aromatic N) is 1. The van der Waals surface area contributed by atoms with Crippen molar-refractivity contribution < 1.29 is 9.90 Å². The summed E-state index contributed by atoms with van der Waals surface area (Å²) in [5, 5.41) is 8.78. The lowest BCUT2D eigenvalue weighted by Gasteiger charge is -2.19. The maximum Gasteiger partial charge on any atom is 0.303 e. The van der Waals surface area contributed by atoms with E-state index in [1.807, 2.05) is 24.5 Å². The van der Waals surface area contributed by atoms with E-state index in [-0.39, 0.29) is 0 Å². The molecule has 0 bridgehead atoms. The smallest absolute Gasteiger partial charge is 0.303 e. The van der Waals surface area contributed by atoms with Crippen LogP contribution in [0.15, 0.2) is 24.5 Å². The second-order valence-corrected chi connectivity index (χ2v) is 3.99. The van der Waals surface area contributed by atoms with Crippen LogP contribution in [0.3, 0.4) is 0 Å². The van der Waals surface area contributed by atoms with Crippen molar-refractivity contribution >= 4 is 5.97 Å². The Hall–Kier alpha value is -1.25. The van der Waals surface area contributed by atoms with Gasteiger partial charge in [0.25, 0.3) is 0 Å². The molecule has 0 radical (unpaired) electrons. The fourth-order valence-electron chi connectivity index (χ4n) is 2.44. The Kier molecular flexibility index (Phi) is 2.57. The molecule has 2 unspecified atom stereocenters. The summed E-state index contributed by atoms with van der Waals surface area (Å²) in [6, 6.07) is 4.40. The minimum atomic E-state index is -0.672. The summed E-state index contributed by atoms with van der Waals surface area (Å²) in [6.45, 7) is 0. The maximum atomic E-state index is 10.7. The van der Waals surface area contributed by atoms with E-state index in [1.54, 1.807) is 0 Å². The van der Waals surface area contributed by atoms with Crippen molar-refractivity contribution in [2.45, 2.75) is 31.7 Å². The summed E-state index contributed by atoms with van der Waals surface area (Å²) in [7, 11) is 0. The average Bonchev–Trinajstić information content (AvgIpc) is 2.70. The summed E-state index contributed by atoms with van der Waals surface area (Å²) in [5.74, 6) is -0.353. The molecule has 3 heteroatoms. The van der Waals surface area contributed by atoms with Gasteiger partial charge in [-0.05, 0) is 30.9 Å². The first-order chi connectivity index (χ1) is 6.77. The van der Waals surface area contributed by atoms with Crippen LogP contribution in [0.25, 0.3) is 0 Å². The van der Waals surface area contributed by atoms with E-state index in [4.69, 9.17) is 5.11 Å². The molecule has 76 valence electrons. The molecule has 3 nitrogen and oxygen atoms in total. The molecule has 1 heterocycles. The maximum absolute atomic E-state index is 10.7. The highest BCUT2D eigenvalue weighted by molar-refractivity contribution is 5.67. The normalized spacial score (nSPS) is 26.6. The van der Waals surface area contributed by atoms with Gasteiger partial charge >= 0.3 is 5.97 Å². The predicted molar refractivity (Wildman–Crippen MR) is 53.1 cm³/mol. The van der Waals surface area contributed by atoms with Gasteiger partial charge in [-0.1, -0.05) is 6.42 Å². The van der Waals surface area contributed by atoms with Gasteiger partial charge in [0.15, 0.2) is 0 Å². The third kappa shape index (κ3) is 1.81. The number of carbonyl (C=O) groups is 1. The van der Waals surface area contributed by atoms with Gasteiger partial charge in [0.2, 0.25) is 0 Å². The molecule has 14 heavy (non-hydrogen) atoms. The lowest BCUT2D eigenvalue weighted by molar-refractivity contribution is -0.138. The highest BCUT2D eigenvalue weighted by atomic mass is 16.4. The van der Waals surface area contributed by atoms with E-state index in [9.17, 15) is 4.79 Å². The van der Waals surface area contributed by atoms with Crippen molar-refractivity contribution in [2.75, 3.05) is 0 Å². The third-order valence-corrected chi connectivity index (χ3v) is 3.07. The van der Waals surface area contributed by atoms with Gasteiger partial charge < -0.3 is 9.67 Å². The standard InChI is InChI=1S/C11H15NO2/c13-11(14)8-9-4-3-5-10(9)12-6-1-2-7-12/h1-2,6-7,9-10H,3-5,8H2,(H,13,14). The number of aliphatic carboxylic acids is 1. The van der Waals surface area contributed by atoms with Crippen LogP contribution in [0.5, 0.6) is 0 Å². The van der Waals surface area contributed by atoms with E-state index < -0.39 is 5.97 Å². The van der Waals surface area contributed by atoms with E-state index in [1.165, 1.54) is 0 Å². The fourth-order valence-corrected chi connectivity index (χ4v) is 2.44. The number of rotatable bonds is 3. The second kappa shape index (κ2) is 3.86. The molecule has 0 saturated heterocycles. The monoisotopic (exact) mass is 193 g/mol. The van der Waals surface area contributed by atoms with Gasteiger partial charge in [0, 0.05) is 18.4 Å². The van der Waals surface area contributed by atoms with Gasteiger partial charge in [0.1, 0.15) is 0 Å². The van der Waals surface area contributed by atoms with Crippen molar-refractivity contribution in [1.82, 2.24) is 4.57 Å². The molecule has 1 aromatic heterocycles. The summed E-state index contributed by atoms with van der Waals surface area (Å²) >= 11 is 0. The van der Waals surface area contributed by atoms with Gasteiger partial charge in [-0.3, -0.25) is 4.79 Å². The van der Waals surface area contributed by atoms with Crippen LogP contribution in [0, 0.1) is 5.92 Å². The van der Waals surface area contributed by atoms with Gasteiger partial charge in [-0.25, -0.2) is 0 Å². The van der Waals surface area contributed by atoms with Crippen LogP contribution in [-0.2, 0) is 4.79 Å². The van der Waals surface area contributed by atoms with Gasteiger partial charge in [-0.15, -0.1) is 0 Å². The van der Waals surface area contributed by atoms with Crippen LogP contribution in [-0.4, -0.2) is 15.6 Å². The quantitative estimate of drug-likeness (QED) is 0.800. The zero-order valence-corrected chi connectivity index (χ0v) is 8.10. The number of hydrogen-bond donors (Lipinski definition) is 1. The SMILES string of the molecule is O=C(O)CC1CCCC1n1cccc1. The summed E-state index contributed by atoms with van der Waals surface area (Å²) in [5.41, 5.74) is 0. The van der Waals surface area contributed by atoms with Crippen molar-refractivity contribution in [3.63, 3.8) is 0 Å². The molecule has 2 atom stereocenters. The Morgan fingerprint density at radius 2 is 2.07 bits per heavy atom. The first-order valence-corrected chi connectivity index (χ1v) is 5.11. The third-order valence-electron chi connectivity index (χ3n) is 3.07. The molecule has 1 saturated carbocycles. The highest BCUT2D eigenvalue weighted by Gasteiger charge is 2.29.